The fourth-order valence-electron chi connectivity index (χ4n) is 0. The predicted octanol–water partition coefficient (Wildman–Crippen LogP) is -0.261. The van der Waals surface area contributed by atoms with Crippen molar-refractivity contribution in [3.05, 3.63) is 0 Å². The largest absolute Gasteiger partial charge is 0.333 e. The third-order valence-corrected chi connectivity index (χ3v) is 0.496. The lowest BCUT2D eigenvalue weighted by molar-refractivity contribution is -0.134. The van der Waals surface area contributed by atoms with Gasteiger partial charge in [-0.1, -0.05) is 0 Å². The zero-order valence-corrected chi connectivity index (χ0v) is 5.39. The molecule has 3 heteroatoms. The van der Waals surface area contributed by atoms with Gasteiger partial charge in [0.25, 0.3) is 0 Å². The first kappa shape index (κ1) is 10.3. The van der Waals surface area contributed by atoms with Crippen LogP contribution in [0.25, 0.3) is 0 Å². The van der Waals surface area contributed by atoms with Gasteiger partial charge in [-0.25, -0.2) is 0 Å². The Balaban J connectivity index is 0. The highest BCUT2D eigenvalue weighted by Crippen LogP contribution is 1.66. The minimum Gasteiger partial charge on any atom is -0.333 e. The molecule has 3 nitrogen and oxygen atoms in total. The Labute approximate surface area is 48.9 Å². The Kier molecular flexibility index (Phi) is 8.12. The molecule has 0 fully saturated rings. The Morgan fingerprint density at radius 3 is 1.12 bits per heavy atom. The molecule has 0 aliphatic rings. The second-order valence-electron chi connectivity index (χ2n) is 1.11. The summed E-state index contributed by atoms with van der Waals surface area (Å²) in [5.41, 5.74) is 4.50. The first-order valence-electron chi connectivity index (χ1n) is 2.24. The van der Waals surface area contributed by atoms with Crippen LogP contribution in [0.5, 0.6) is 0 Å². The molecule has 8 heavy (non-hydrogen) atoms. The van der Waals surface area contributed by atoms with Gasteiger partial charge in [-0.3, -0.25) is 9.59 Å². The van der Waals surface area contributed by atoms with Crippen LogP contribution >= 0.6 is 0 Å². The van der Waals surface area contributed by atoms with E-state index in [1.165, 1.54) is 20.9 Å². The molecule has 0 heterocycles. The predicted molar refractivity (Wildman–Crippen MR) is 31.5 cm³/mol. The van der Waals surface area contributed by atoms with Crippen molar-refractivity contribution in [1.82, 2.24) is 0 Å². The maximum absolute atomic E-state index is 9.79. The minimum atomic E-state index is -0.380. The summed E-state index contributed by atoms with van der Waals surface area (Å²) in [5.74, 6) is -0.759. The van der Waals surface area contributed by atoms with E-state index in [9.17, 15) is 9.59 Å². The molecule has 0 atom stereocenters. The second-order valence-corrected chi connectivity index (χ2v) is 1.11. The lowest BCUT2D eigenvalue weighted by Gasteiger charge is -1.73. The second kappa shape index (κ2) is 6.30. The lowest BCUT2D eigenvalue weighted by atomic mass is 10.3. The summed E-state index contributed by atoms with van der Waals surface area (Å²) in [4.78, 5) is 19.6. The molecule has 0 aromatic rings. The van der Waals surface area contributed by atoms with E-state index in [4.69, 9.17) is 0 Å². The van der Waals surface area contributed by atoms with Crippen molar-refractivity contribution < 1.29 is 9.59 Å². The fourth-order valence-corrected chi connectivity index (χ4v) is 0. The molecule has 0 aromatic carbocycles. The van der Waals surface area contributed by atoms with Crippen molar-refractivity contribution in [3.8, 4) is 0 Å². The summed E-state index contributed by atoms with van der Waals surface area (Å²) in [5, 5.41) is 0. The van der Waals surface area contributed by atoms with Crippen LogP contribution in [-0.4, -0.2) is 18.6 Å². The van der Waals surface area contributed by atoms with Gasteiger partial charge in [0.1, 0.15) is 0 Å². The van der Waals surface area contributed by atoms with Crippen molar-refractivity contribution >= 4 is 11.6 Å². The summed E-state index contributed by atoms with van der Waals surface area (Å²) in [6.07, 6.45) is 0. The van der Waals surface area contributed by atoms with Crippen LogP contribution in [0.1, 0.15) is 13.8 Å². The number of hydrogen-bond acceptors (Lipinski definition) is 3. The molecule has 0 saturated carbocycles. The van der Waals surface area contributed by atoms with Gasteiger partial charge in [0.05, 0.1) is 0 Å². The maximum atomic E-state index is 9.79. The molecule has 48 valence electrons. The van der Waals surface area contributed by atoms with Gasteiger partial charge in [-0.15, -0.1) is 0 Å². The van der Waals surface area contributed by atoms with Crippen LogP contribution in [0.3, 0.4) is 0 Å². The van der Waals surface area contributed by atoms with Crippen LogP contribution in [0.4, 0.5) is 0 Å². The van der Waals surface area contributed by atoms with Crippen LogP contribution in [0.15, 0.2) is 0 Å². The molecular weight excluding hydrogens is 106 g/mol. The van der Waals surface area contributed by atoms with E-state index in [1.54, 1.807) is 0 Å². The molecule has 0 unspecified atom stereocenters. The van der Waals surface area contributed by atoms with Gasteiger partial charge < -0.3 is 5.73 Å². The van der Waals surface area contributed by atoms with E-state index in [-0.39, 0.29) is 11.6 Å². The van der Waals surface area contributed by atoms with Crippen LogP contribution < -0.4 is 5.73 Å². The average molecular weight is 117 g/mol. The molecule has 0 aliphatic carbocycles. The quantitative estimate of drug-likeness (QED) is 0.481. The number of rotatable bonds is 1. The Morgan fingerprint density at radius 1 is 1.00 bits per heavy atom. The molecular formula is C5H11NO2. The Morgan fingerprint density at radius 2 is 1.12 bits per heavy atom. The van der Waals surface area contributed by atoms with E-state index in [2.05, 4.69) is 5.73 Å². The van der Waals surface area contributed by atoms with E-state index in [0.717, 1.165) is 0 Å². The normalized spacial score (nSPS) is 6.50. The highest BCUT2D eigenvalue weighted by atomic mass is 16.2. The zero-order chi connectivity index (χ0) is 7.15. The number of Topliss-reactive ketones (excluding diaryl/α,β-unsaturated/α-hetero) is 2. The minimum absolute atomic E-state index is 0.380. The van der Waals surface area contributed by atoms with Crippen LogP contribution in [-0.2, 0) is 9.59 Å². The molecule has 0 aromatic heterocycles. The highest BCUT2D eigenvalue weighted by Gasteiger charge is 1.94. The van der Waals surface area contributed by atoms with Crippen molar-refractivity contribution in [3.63, 3.8) is 0 Å². The smallest absolute Gasteiger partial charge is 0.195 e. The molecule has 2 N–H and O–H groups in total. The molecule has 0 spiro atoms. The summed E-state index contributed by atoms with van der Waals surface area (Å²) < 4.78 is 0. The number of carbonyl (C=O) groups excluding carboxylic acids is 2. The van der Waals surface area contributed by atoms with E-state index in [1.807, 2.05) is 0 Å². The SMILES string of the molecule is CC(=O)C(C)=O.CN. The van der Waals surface area contributed by atoms with Gasteiger partial charge in [0.2, 0.25) is 0 Å². The van der Waals surface area contributed by atoms with Crippen molar-refractivity contribution in [1.29, 1.82) is 0 Å². The first-order chi connectivity index (χ1) is 3.64. The van der Waals surface area contributed by atoms with Gasteiger partial charge in [-0.05, 0) is 7.05 Å². The first-order valence-corrected chi connectivity index (χ1v) is 2.24. The summed E-state index contributed by atoms with van der Waals surface area (Å²) in [7, 11) is 1.50. The number of ketones is 2. The van der Waals surface area contributed by atoms with E-state index < -0.39 is 0 Å². The highest BCUT2D eigenvalue weighted by molar-refractivity contribution is 6.35. The Bertz CT molecular complexity index is 76.4. The topological polar surface area (TPSA) is 60.2 Å². The zero-order valence-electron chi connectivity index (χ0n) is 5.39. The van der Waals surface area contributed by atoms with Gasteiger partial charge >= 0.3 is 0 Å². The molecule has 0 amide bonds. The Hall–Kier alpha value is -0.700. The molecule has 0 rings (SSSR count). The van der Waals surface area contributed by atoms with Crippen molar-refractivity contribution in [2.24, 2.45) is 5.73 Å². The summed E-state index contributed by atoms with van der Waals surface area (Å²) in [6.45, 7) is 2.50. The average Bonchev–Trinajstić information content (AvgIpc) is 1.72. The van der Waals surface area contributed by atoms with Crippen molar-refractivity contribution in [2.45, 2.75) is 13.8 Å². The number of hydrogen-bond donors (Lipinski definition) is 1. The molecule has 0 aliphatic heterocycles. The standard InChI is InChI=1S/C4H6O2.CH5N/c1-3(5)4(2)6;1-2/h1-2H3;2H2,1H3. The van der Waals surface area contributed by atoms with Crippen molar-refractivity contribution in [2.75, 3.05) is 7.05 Å². The fraction of sp³-hybridized carbons (Fsp3) is 0.600. The monoisotopic (exact) mass is 117 g/mol. The lowest BCUT2D eigenvalue weighted by Crippen LogP contribution is -2.01. The number of nitrogens with two attached hydrogens (primary N) is 1. The van der Waals surface area contributed by atoms with Gasteiger partial charge in [0.15, 0.2) is 11.6 Å². The summed E-state index contributed by atoms with van der Waals surface area (Å²) >= 11 is 0. The molecule has 0 saturated heterocycles. The summed E-state index contributed by atoms with van der Waals surface area (Å²) in [6, 6.07) is 0. The van der Waals surface area contributed by atoms with Gasteiger partial charge in [-0.2, -0.15) is 0 Å². The van der Waals surface area contributed by atoms with Crippen LogP contribution in [0.2, 0.25) is 0 Å². The van der Waals surface area contributed by atoms with Crippen LogP contribution in [0, 0.1) is 0 Å². The van der Waals surface area contributed by atoms with Gasteiger partial charge in [0, 0.05) is 13.8 Å². The molecule has 0 bridgehead atoms. The third-order valence-electron chi connectivity index (χ3n) is 0.496. The van der Waals surface area contributed by atoms with E-state index in [0.29, 0.717) is 0 Å². The van der Waals surface area contributed by atoms with E-state index >= 15 is 0 Å². The number of carbonyl (C=O) groups is 2. The maximum Gasteiger partial charge on any atom is 0.195 e. The third kappa shape index (κ3) is 9.00. The molecule has 0 radical (unpaired) electrons.